The molecule has 114 valence electrons. The molecule has 0 atom stereocenters. The molecule has 0 amide bonds. The van der Waals surface area contributed by atoms with Gasteiger partial charge < -0.3 is 30.6 Å². The molecule has 0 radical (unpaired) electrons. The molecule has 0 aromatic heterocycles. The largest absolute Gasteiger partial charge is 0.473 e. The molecule has 0 aliphatic heterocycles. The Hall–Kier alpha value is -1.21. The molecule has 0 bridgehead atoms. The van der Waals surface area contributed by atoms with Crippen molar-refractivity contribution < 1.29 is 118 Å². The van der Waals surface area contributed by atoms with Crippen LogP contribution in [0.25, 0.3) is 0 Å². The number of carbonyl (C=O) groups is 6. The van der Waals surface area contributed by atoms with Crippen LogP contribution >= 0.6 is 0 Å². The van der Waals surface area contributed by atoms with Gasteiger partial charge in [-0.25, -0.2) is 28.8 Å². The van der Waals surface area contributed by atoms with Crippen LogP contribution in [0.4, 0.5) is 0 Å². The third kappa shape index (κ3) is 36.0. The van der Waals surface area contributed by atoms with E-state index in [9.17, 15) is 0 Å². The van der Waals surface area contributed by atoms with Gasteiger partial charge in [0.05, 0.1) is 0 Å². The summed E-state index contributed by atoms with van der Waals surface area (Å²) < 4.78 is 0. The summed E-state index contributed by atoms with van der Waals surface area (Å²) in [6.45, 7) is 0. The van der Waals surface area contributed by atoms with Crippen LogP contribution in [0.3, 0.4) is 0 Å². The predicted octanol–water partition coefficient (Wildman–Crippen LogP) is -2.53. The van der Waals surface area contributed by atoms with Gasteiger partial charge in [0, 0.05) is 58.3 Å². The van der Waals surface area contributed by atoms with Crippen LogP contribution in [0.1, 0.15) is 0 Å². The maximum atomic E-state index is 9.10. The van der Waals surface area contributed by atoms with Crippen molar-refractivity contribution in [3.05, 3.63) is 0 Å². The van der Waals surface area contributed by atoms with Crippen molar-refractivity contribution in [3.8, 4) is 0 Å². The van der Waals surface area contributed by atoms with E-state index in [-0.39, 0.29) is 58.3 Å². The average molecular weight is 758 g/mol. The second-order valence-corrected chi connectivity index (χ2v) is 1.83. The summed E-state index contributed by atoms with van der Waals surface area (Å²) in [5.74, 6) is -10.9. The van der Waals surface area contributed by atoms with Gasteiger partial charge >= 0.3 is 35.8 Å². The Bertz CT molecular complexity index is 281. The predicted molar refractivity (Wildman–Crippen MR) is 45.8 cm³/mol. The zero-order valence-corrected chi connectivity index (χ0v) is 15.7. The van der Waals surface area contributed by atoms with Crippen LogP contribution in [0, 0.1) is 58.3 Å². The average Bonchev–Trinajstić information content (AvgIpc) is 2.18. The minimum absolute atomic E-state index is 0. The minimum Gasteiger partial charge on any atom is -0.473 e. The van der Waals surface area contributed by atoms with Gasteiger partial charge in [0.2, 0.25) is 0 Å². The standard InChI is InChI=1S/3C2H2O4.2Pu/c3*3-1(4)2(5)6;;/h3*(H,3,4)(H,5,6);;. The van der Waals surface area contributed by atoms with Crippen LogP contribution < -0.4 is 0 Å². The summed E-state index contributed by atoms with van der Waals surface area (Å²) in [6, 6.07) is 0. The first-order chi connectivity index (χ1) is 7.93. The Kier molecular flexibility index (Phi) is 27.8. The molecule has 0 saturated carbocycles. The topological polar surface area (TPSA) is 224 Å². The Balaban J connectivity index is -0.0000000536. The summed E-state index contributed by atoms with van der Waals surface area (Å²) in [6.07, 6.45) is 0. The third-order valence-corrected chi connectivity index (χ3v) is 0.549. The molecule has 0 rings (SSSR count). The van der Waals surface area contributed by atoms with Crippen LogP contribution in [-0.4, -0.2) is 66.5 Å². The van der Waals surface area contributed by atoms with Gasteiger partial charge in [-0.2, -0.15) is 0 Å². The number of hydrogen-bond acceptors (Lipinski definition) is 6. The summed E-state index contributed by atoms with van der Waals surface area (Å²) in [5, 5.41) is 44.3. The first kappa shape index (κ1) is 31.3. The molecule has 0 aliphatic rings. The number of hydrogen-bond donors (Lipinski definition) is 6. The maximum Gasteiger partial charge on any atom is 0.414 e. The van der Waals surface area contributed by atoms with Crippen molar-refractivity contribution in [2.24, 2.45) is 0 Å². The number of aliphatic carboxylic acids is 6. The number of carboxylic acids is 6. The van der Waals surface area contributed by atoms with Crippen LogP contribution in [0.2, 0.25) is 0 Å². The smallest absolute Gasteiger partial charge is 0.414 e. The van der Waals surface area contributed by atoms with Crippen LogP contribution in [0.15, 0.2) is 0 Å². The monoisotopic (exact) mass is 746 g/mol. The van der Waals surface area contributed by atoms with E-state index in [4.69, 9.17) is 59.4 Å². The van der Waals surface area contributed by atoms with Crippen molar-refractivity contribution in [3.63, 3.8) is 0 Å². The van der Waals surface area contributed by atoms with E-state index in [1.165, 1.54) is 0 Å². The zero-order valence-electron chi connectivity index (χ0n) is 8.95. The molecule has 14 heteroatoms. The van der Waals surface area contributed by atoms with E-state index < -0.39 is 35.8 Å². The van der Waals surface area contributed by atoms with E-state index >= 15 is 0 Å². The molecule has 12 nitrogen and oxygen atoms in total. The summed E-state index contributed by atoms with van der Waals surface area (Å²) >= 11 is 0. The van der Waals surface area contributed by atoms with Crippen molar-refractivity contribution >= 4 is 35.8 Å². The van der Waals surface area contributed by atoms with Crippen molar-refractivity contribution in [2.45, 2.75) is 0 Å². The van der Waals surface area contributed by atoms with Gasteiger partial charge in [-0.15, -0.1) is 0 Å². The molecule has 0 unspecified atom stereocenters. The van der Waals surface area contributed by atoms with Crippen molar-refractivity contribution in [2.75, 3.05) is 0 Å². The SMILES string of the molecule is O=C(O)C(=O)O.O=C(O)C(=O)O.O=C(O)C(=O)O.[Pu].[Pu]. The van der Waals surface area contributed by atoms with Crippen LogP contribution in [-0.2, 0) is 28.8 Å². The van der Waals surface area contributed by atoms with Gasteiger partial charge in [0.1, 0.15) is 0 Å². The van der Waals surface area contributed by atoms with E-state index in [2.05, 4.69) is 0 Å². The summed E-state index contributed by atoms with van der Waals surface area (Å²) in [7, 11) is 0. The molecule has 20 heavy (non-hydrogen) atoms. The first-order valence-corrected chi connectivity index (χ1v) is 3.32. The van der Waals surface area contributed by atoms with Gasteiger partial charge in [0.25, 0.3) is 0 Å². The molecule has 0 aromatic rings. The fraction of sp³-hybridized carbons (Fsp3) is 0. The zero-order chi connectivity index (χ0) is 15.5. The summed E-state index contributed by atoms with van der Waals surface area (Å²) in [4.78, 5) is 54.6. The Morgan fingerprint density at radius 3 is 0.400 bits per heavy atom. The van der Waals surface area contributed by atoms with Crippen molar-refractivity contribution in [1.29, 1.82) is 0 Å². The molecule has 0 saturated heterocycles. The van der Waals surface area contributed by atoms with E-state index in [1.807, 2.05) is 0 Å². The maximum absolute atomic E-state index is 9.10. The van der Waals surface area contributed by atoms with Gasteiger partial charge in [-0.3, -0.25) is 0 Å². The molecule has 0 aliphatic carbocycles. The van der Waals surface area contributed by atoms with Gasteiger partial charge in [-0.1, -0.05) is 0 Å². The number of rotatable bonds is 0. The molecule has 0 spiro atoms. The Morgan fingerprint density at radius 2 is 0.400 bits per heavy atom. The molecule has 6 N–H and O–H groups in total. The molecular weight excluding hydrogens is 752 g/mol. The molecule has 0 aromatic carbocycles. The fourth-order valence-electron chi connectivity index (χ4n) is 0. The van der Waals surface area contributed by atoms with E-state index in [1.54, 1.807) is 0 Å². The first-order valence-electron chi connectivity index (χ1n) is 3.32. The Labute approximate surface area is 152 Å². The fourth-order valence-corrected chi connectivity index (χ4v) is 0. The third-order valence-electron chi connectivity index (χ3n) is 0.549. The molecule has 0 heterocycles. The van der Waals surface area contributed by atoms with E-state index in [0.717, 1.165) is 0 Å². The van der Waals surface area contributed by atoms with Gasteiger partial charge in [-0.05, 0) is 0 Å². The van der Waals surface area contributed by atoms with Crippen LogP contribution in [0.5, 0.6) is 0 Å². The molecular formula is C6H6O12Pu2. The van der Waals surface area contributed by atoms with E-state index in [0.29, 0.717) is 0 Å². The summed E-state index contributed by atoms with van der Waals surface area (Å²) in [5.41, 5.74) is 0. The Morgan fingerprint density at radius 1 is 0.350 bits per heavy atom. The molecule has 0 fully saturated rings. The van der Waals surface area contributed by atoms with Crippen molar-refractivity contribution in [1.82, 2.24) is 0 Å². The normalized spacial score (nSPS) is 6.60. The quantitative estimate of drug-likeness (QED) is 0.141. The number of carboxylic acid groups (broad SMARTS) is 6. The second-order valence-electron chi connectivity index (χ2n) is 1.83. The van der Waals surface area contributed by atoms with Gasteiger partial charge in [0.15, 0.2) is 0 Å². The second kappa shape index (κ2) is 17.8. The minimum atomic E-state index is -1.82.